The molecule has 28 heavy (non-hydrogen) atoms. The Morgan fingerprint density at radius 3 is 2.46 bits per heavy atom. The number of carbonyl (C=O) groups excluding carboxylic acids is 2. The first-order chi connectivity index (χ1) is 13.3. The first kappa shape index (κ1) is 20.9. The van der Waals surface area contributed by atoms with Crippen molar-refractivity contribution < 1.29 is 9.59 Å². The second-order valence-electron chi connectivity index (χ2n) is 7.82. The van der Waals surface area contributed by atoms with Crippen molar-refractivity contribution in [3.05, 3.63) is 68.7 Å². The van der Waals surface area contributed by atoms with E-state index in [4.69, 9.17) is 23.2 Å². The number of nitrogens with zero attached hydrogens (tertiary/aromatic N) is 1. The van der Waals surface area contributed by atoms with E-state index in [-0.39, 0.29) is 17.7 Å². The highest BCUT2D eigenvalue weighted by Gasteiger charge is 2.38. The molecule has 148 valence electrons. The number of rotatable bonds is 5. The van der Waals surface area contributed by atoms with Crippen LogP contribution in [0.5, 0.6) is 0 Å². The second kappa shape index (κ2) is 8.67. The maximum atomic E-state index is 13.0. The van der Waals surface area contributed by atoms with E-state index in [1.165, 1.54) is 11.1 Å². The van der Waals surface area contributed by atoms with Gasteiger partial charge < -0.3 is 9.69 Å². The molecule has 2 aromatic carbocycles. The lowest BCUT2D eigenvalue weighted by molar-refractivity contribution is -0.133. The maximum Gasteiger partial charge on any atom is 0.227 e. The molecule has 2 aromatic rings. The number of carbonyl (C=O) groups is 2. The molecular weight excluding hydrogens is 393 g/mol. The zero-order valence-electron chi connectivity index (χ0n) is 16.3. The summed E-state index contributed by atoms with van der Waals surface area (Å²) < 4.78 is 0. The number of hydrogen-bond acceptors (Lipinski definition) is 2. The molecule has 1 saturated heterocycles. The van der Waals surface area contributed by atoms with Crippen LogP contribution >= 0.6 is 23.2 Å². The topological polar surface area (TPSA) is 37.4 Å². The van der Waals surface area contributed by atoms with Gasteiger partial charge in [-0.3, -0.25) is 4.79 Å². The highest BCUT2D eigenvalue weighted by atomic mass is 35.5. The van der Waals surface area contributed by atoms with Gasteiger partial charge in [0.25, 0.3) is 0 Å². The molecule has 1 heterocycles. The molecule has 5 heteroatoms. The average Bonchev–Trinajstić information content (AvgIpc) is 2.63. The first-order valence-corrected chi connectivity index (χ1v) is 10.3. The number of likely N-dealkylation sites (tertiary alicyclic amines) is 1. The molecule has 0 radical (unpaired) electrons. The SMILES string of the molecule is Cc1ccc(C2(CC=O)CCCN(C(=O)Cc3cc(Cl)cc(Cl)c3)C2)cc1C. The van der Waals surface area contributed by atoms with Crippen molar-refractivity contribution in [2.45, 2.75) is 44.9 Å². The summed E-state index contributed by atoms with van der Waals surface area (Å²) in [6.07, 6.45) is 3.44. The smallest absolute Gasteiger partial charge is 0.227 e. The molecule has 0 bridgehead atoms. The Morgan fingerprint density at radius 1 is 1.11 bits per heavy atom. The molecule has 1 aliphatic rings. The Balaban J connectivity index is 1.84. The Kier molecular flexibility index (Phi) is 6.47. The van der Waals surface area contributed by atoms with Gasteiger partial charge in [-0.05, 0) is 67.1 Å². The first-order valence-electron chi connectivity index (χ1n) is 9.57. The highest BCUT2D eigenvalue weighted by Crippen LogP contribution is 2.37. The van der Waals surface area contributed by atoms with E-state index in [0.717, 1.165) is 30.3 Å². The molecule has 0 spiro atoms. The molecule has 1 fully saturated rings. The summed E-state index contributed by atoms with van der Waals surface area (Å²) >= 11 is 12.1. The molecule has 3 nitrogen and oxygen atoms in total. The normalized spacial score (nSPS) is 19.5. The quantitative estimate of drug-likeness (QED) is 0.618. The van der Waals surface area contributed by atoms with Gasteiger partial charge in [-0.15, -0.1) is 0 Å². The Labute approximate surface area is 176 Å². The minimum absolute atomic E-state index is 0.0390. The fourth-order valence-electron chi connectivity index (χ4n) is 4.09. The van der Waals surface area contributed by atoms with E-state index < -0.39 is 0 Å². The average molecular weight is 418 g/mol. The number of aldehydes is 1. The summed E-state index contributed by atoms with van der Waals surface area (Å²) in [5.74, 6) is 0.0390. The summed E-state index contributed by atoms with van der Waals surface area (Å²) in [6.45, 7) is 5.43. The van der Waals surface area contributed by atoms with Gasteiger partial charge >= 0.3 is 0 Å². The molecular formula is C23H25Cl2NO2. The van der Waals surface area contributed by atoms with Crippen molar-refractivity contribution in [1.29, 1.82) is 0 Å². The minimum atomic E-state index is -0.319. The Bertz CT molecular complexity index is 876. The summed E-state index contributed by atoms with van der Waals surface area (Å²) in [5, 5.41) is 1.05. The van der Waals surface area contributed by atoms with E-state index in [2.05, 4.69) is 32.0 Å². The summed E-state index contributed by atoms with van der Waals surface area (Å²) in [5.41, 5.74) is 4.07. The van der Waals surface area contributed by atoms with E-state index in [0.29, 0.717) is 29.6 Å². The van der Waals surface area contributed by atoms with Crippen LogP contribution in [-0.4, -0.2) is 30.2 Å². The Morgan fingerprint density at radius 2 is 1.82 bits per heavy atom. The summed E-state index contributed by atoms with van der Waals surface area (Å²) in [7, 11) is 0. The van der Waals surface area contributed by atoms with Gasteiger partial charge in [0.15, 0.2) is 0 Å². The van der Waals surface area contributed by atoms with Crippen molar-refractivity contribution >= 4 is 35.4 Å². The third kappa shape index (κ3) is 4.59. The lowest BCUT2D eigenvalue weighted by atomic mass is 9.71. The maximum absolute atomic E-state index is 13.0. The van der Waals surface area contributed by atoms with Gasteiger partial charge in [-0.1, -0.05) is 41.4 Å². The third-order valence-corrected chi connectivity index (χ3v) is 6.24. The number of benzene rings is 2. The summed E-state index contributed by atoms with van der Waals surface area (Å²) in [4.78, 5) is 26.4. The zero-order valence-corrected chi connectivity index (χ0v) is 17.8. The Hall–Kier alpha value is -1.84. The molecule has 0 N–H and O–H groups in total. The predicted molar refractivity (Wildman–Crippen MR) is 114 cm³/mol. The van der Waals surface area contributed by atoms with Crippen LogP contribution < -0.4 is 0 Å². The van der Waals surface area contributed by atoms with Crippen LogP contribution in [0.1, 0.15) is 41.5 Å². The number of halogens is 2. The molecule has 1 aliphatic heterocycles. The molecule has 1 unspecified atom stereocenters. The van der Waals surface area contributed by atoms with E-state index in [1.54, 1.807) is 18.2 Å². The van der Waals surface area contributed by atoms with Gasteiger partial charge in [0, 0.05) is 35.0 Å². The van der Waals surface area contributed by atoms with E-state index in [1.807, 2.05) is 4.90 Å². The third-order valence-electron chi connectivity index (χ3n) is 5.80. The molecule has 3 rings (SSSR count). The van der Waals surface area contributed by atoms with Crippen molar-refractivity contribution in [3.8, 4) is 0 Å². The molecule has 0 aliphatic carbocycles. The lowest BCUT2D eigenvalue weighted by Crippen LogP contribution is -2.49. The van der Waals surface area contributed by atoms with Crippen LogP contribution in [0.15, 0.2) is 36.4 Å². The molecule has 0 aromatic heterocycles. The standard InChI is InChI=1S/C23H25Cl2NO2/c1-16-4-5-19(10-17(16)2)23(7-9-27)6-3-8-26(15-23)22(28)13-18-11-20(24)14-21(25)12-18/h4-5,9-12,14H,3,6-8,13,15H2,1-2H3. The lowest BCUT2D eigenvalue weighted by Gasteiger charge is -2.43. The highest BCUT2D eigenvalue weighted by molar-refractivity contribution is 6.34. The van der Waals surface area contributed by atoms with Crippen LogP contribution in [-0.2, 0) is 21.4 Å². The van der Waals surface area contributed by atoms with Crippen LogP contribution in [0.3, 0.4) is 0 Å². The van der Waals surface area contributed by atoms with E-state index >= 15 is 0 Å². The van der Waals surface area contributed by atoms with Gasteiger partial charge in [0.1, 0.15) is 6.29 Å². The van der Waals surface area contributed by atoms with Crippen molar-refractivity contribution in [3.63, 3.8) is 0 Å². The van der Waals surface area contributed by atoms with Gasteiger partial charge in [0.05, 0.1) is 6.42 Å². The number of hydrogen-bond donors (Lipinski definition) is 0. The van der Waals surface area contributed by atoms with Gasteiger partial charge in [-0.25, -0.2) is 0 Å². The fourth-order valence-corrected chi connectivity index (χ4v) is 4.67. The van der Waals surface area contributed by atoms with E-state index in [9.17, 15) is 9.59 Å². The van der Waals surface area contributed by atoms with Crippen LogP contribution in [0.2, 0.25) is 10.0 Å². The fraction of sp³-hybridized carbons (Fsp3) is 0.391. The van der Waals surface area contributed by atoms with Crippen LogP contribution in [0, 0.1) is 13.8 Å². The minimum Gasteiger partial charge on any atom is -0.342 e. The molecule has 1 amide bonds. The van der Waals surface area contributed by atoms with Crippen molar-refractivity contribution in [2.24, 2.45) is 0 Å². The molecule has 0 saturated carbocycles. The monoisotopic (exact) mass is 417 g/mol. The summed E-state index contributed by atoms with van der Waals surface area (Å²) in [6, 6.07) is 11.6. The van der Waals surface area contributed by atoms with Gasteiger partial charge in [0.2, 0.25) is 5.91 Å². The van der Waals surface area contributed by atoms with Crippen molar-refractivity contribution in [2.75, 3.05) is 13.1 Å². The molecule has 1 atom stereocenters. The second-order valence-corrected chi connectivity index (χ2v) is 8.70. The zero-order chi connectivity index (χ0) is 20.3. The van der Waals surface area contributed by atoms with Crippen molar-refractivity contribution in [1.82, 2.24) is 4.90 Å². The number of amides is 1. The number of aryl methyl sites for hydroxylation is 2. The van der Waals surface area contributed by atoms with Gasteiger partial charge in [-0.2, -0.15) is 0 Å². The predicted octanol–water partition coefficient (Wildman–Crippen LogP) is 5.30. The largest absolute Gasteiger partial charge is 0.342 e. The van der Waals surface area contributed by atoms with Crippen LogP contribution in [0.4, 0.5) is 0 Å². The number of piperidine rings is 1. The van der Waals surface area contributed by atoms with Crippen LogP contribution in [0.25, 0.3) is 0 Å².